The van der Waals surface area contributed by atoms with Crippen LogP contribution in [0.1, 0.15) is 53.5 Å². The molecule has 0 bridgehead atoms. The minimum absolute atomic E-state index is 0.0517. The lowest BCUT2D eigenvalue weighted by Crippen LogP contribution is -2.49. The van der Waals surface area contributed by atoms with Crippen LogP contribution in [0.5, 0.6) is 0 Å². The van der Waals surface area contributed by atoms with Crippen molar-refractivity contribution in [3.63, 3.8) is 0 Å². The van der Waals surface area contributed by atoms with E-state index >= 15 is 0 Å². The zero-order chi connectivity index (χ0) is 30.5. The number of nitrogens with one attached hydrogen (secondary N) is 1. The van der Waals surface area contributed by atoms with Gasteiger partial charge in [-0.1, -0.05) is 24.1 Å². The van der Waals surface area contributed by atoms with Gasteiger partial charge in [-0.3, -0.25) is 9.69 Å². The van der Waals surface area contributed by atoms with E-state index in [1.54, 1.807) is 23.1 Å². The van der Waals surface area contributed by atoms with E-state index in [2.05, 4.69) is 32.0 Å². The molecular formula is C30H31F3N6O3. The molecule has 220 valence electrons. The molecule has 0 radical (unpaired) electrons. The molecule has 1 saturated heterocycles. The molecule has 9 nitrogen and oxygen atoms in total. The van der Waals surface area contributed by atoms with Crippen molar-refractivity contribution in [3.8, 4) is 11.8 Å². The van der Waals surface area contributed by atoms with E-state index < -0.39 is 28.9 Å². The SMILES string of the molecule is CC(C)(C)OC(=O)N1CCN(Cc2ccc(Nc3ncc(C(F)(F)F)c(C#Cc4cccc(C(N)=O)c4)n3)cc2)CC1. The van der Waals surface area contributed by atoms with Gasteiger partial charge in [0.2, 0.25) is 11.9 Å². The third kappa shape index (κ3) is 8.44. The van der Waals surface area contributed by atoms with Crippen LogP contribution in [0.25, 0.3) is 0 Å². The van der Waals surface area contributed by atoms with Crippen LogP contribution in [0.4, 0.5) is 29.6 Å². The Hall–Kier alpha value is -4.63. The Labute approximate surface area is 241 Å². The van der Waals surface area contributed by atoms with Crippen molar-refractivity contribution in [3.05, 3.63) is 82.7 Å². The van der Waals surface area contributed by atoms with Gasteiger partial charge >= 0.3 is 12.3 Å². The quantitative estimate of drug-likeness (QED) is 0.417. The van der Waals surface area contributed by atoms with Crippen LogP contribution in [0, 0.1) is 11.8 Å². The number of anilines is 2. The van der Waals surface area contributed by atoms with Crippen LogP contribution in [-0.4, -0.2) is 63.5 Å². The topological polar surface area (TPSA) is 114 Å². The van der Waals surface area contributed by atoms with Crippen LogP contribution in [-0.2, 0) is 17.5 Å². The smallest absolute Gasteiger partial charge is 0.420 e. The van der Waals surface area contributed by atoms with Gasteiger partial charge in [-0.2, -0.15) is 13.2 Å². The Morgan fingerprint density at radius 2 is 1.71 bits per heavy atom. The Bertz CT molecular complexity index is 1500. The average Bonchev–Trinajstić information content (AvgIpc) is 2.92. The van der Waals surface area contributed by atoms with Crippen molar-refractivity contribution in [2.45, 2.75) is 39.1 Å². The highest BCUT2D eigenvalue weighted by molar-refractivity contribution is 5.93. The van der Waals surface area contributed by atoms with Crippen molar-refractivity contribution in [1.82, 2.24) is 19.8 Å². The lowest BCUT2D eigenvalue weighted by Gasteiger charge is -2.35. The summed E-state index contributed by atoms with van der Waals surface area (Å²) < 4.78 is 46.3. The second-order valence-electron chi connectivity index (χ2n) is 10.7. The van der Waals surface area contributed by atoms with Gasteiger partial charge in [0, 0.05) is 55.7 Å². The number of benzene rings is 2. The Morgan fingerprint density at radius 3 is 2.33 bits per heavy atom. The molecular weight excluding hydrogens is 549 g/mol. The summed E-state index contributed by atoms with van der Waals surface area (Å²) in [5, 5.41) is 2.92. The lowest BCUT2D eigenvalue weighted by atomic mass is 10.1. The number of alkyl halides is 3. The van der Waals surface area contributed by atoms with Gasteiger partial charge in [0.1, 0.15) is 16.9 Å². The molecule has 2 aromatic carbocycles. The maximum Gasteiger partial charge on any atom is 0.420 e. The number of halogens is 3. The normalized spacial score (nSPS) is 14.1. The molecule has 12 heteroatoms. The molecule has 0 saturated carbocycles. The average molecular weight is 581 g/mol. The maximum absolute atomic E-state index is 13.6. The molecule has 1 fully saturated rings. The molecule has 0 spiro atoms. The third-order valence-corrected chi connectivity index (χ3v) is 6.21. The minimum Gasteiger partial charge on any atom is -0.444 e. The molecule has 3 N–H and O–H groups in total. The fraction of sp³-hybridized carbons (Fsp3) is 0.333. The second-order valence-corrected chi connectivity index (χ2v) is 10.7. The molecule has 0 aliphatic carbocycles. The Morgan fingerprint density at radius 1 is 1.02 bits per heavy atom. The van der Waals surface area contributed by atoms with E-state index in [-0.39, 0.29) is 17.6 Å². The highest BCUT2D eigenvalue weighted by atomic mass is 19.4. The van der Waals surface area contributed by atoms with Gasteiger partial charge in [-0.25, -0.2) is 14.8 Å². The molecule has 3 aromatic rings. The summed E-state index contributed by atoms with van der Waals surface area (Å²) in [6, 6.07) is 13.3. The number of hydrogen-bond donors (Lipinski definition) is 2. The number of hydrogen-bond acceptors (Lipinski definition) is 7. The van der Waals surface area contributed by atoms with Crippen LogP contribution >= 0.6 is 0 Å². The highest BCUT2D eigenvalue weighted by Crippen LogP contribution is 2.31. The number of amides is 2. The second kappa shape index (κ2) is 12.5. The number of nitrogens with two attached hydrogens (primary N) is 1. The summed E-state index contributed by atoms with van der Waals surface area (Å²) in [6.07, 6.45) is -4.34. The van der Waals surface area contributed by atoms with Crippen LogP contribution in [0.3, 0.4) is 0 Å². The highest BCUT2D eigenvalue weighted by Gasteiger charge is 2.35. The Balaban J connectivity index is 1.41. The summed E-state index contributed by atoms with van der Waals surface area (Å²) in [4.78, 5) is 35.5. The summed E-state index contributed by atoms with van der Waals surface area (Å²) in [6.45, 7) is 8.74. The number of carbonyl (C=O) groups is 2. The fourth-order valence-electron chi connectivity index (χ4n) is 4.12. The molecule has 0 atom stereocenters. The Kier molecular flexibility index (Phi) is 9.02. The number of primary amides is 1. The monoisotopic (exact) mass is 580 g/mol. The summed E-state index contributed by atoms with van der Waals surface area (Å²) >= 11 is 0. The summed E-state index contributed by atoms with van der Waals surface area (Å²) in [5.74, 6) is 4.35. The van der Waals surface area contributed by atoms with Gasteiger partial charge in [-0.15, -0.1) is 0 Å². The first-order valence-electron chi connectivity index (χ1n) is 13.2. The molecule has 42 heavy (non-hydrogen) atoms. The zero-order valence-electron chi connectivity index (χ0n) is 23.5. The van der Waals surface area contributed by atoms with Crippen molar-refractivity contribution in [2.24, 2.45) is 5.73 Å². The van der Waals surface area contributed by atoms with Crippen LogP contribution in [0.2, 0.25) is 0 Å². The molecule has 2 amide bonds. The van der Waals surface area contributed by atoms with E-state index in [0.717, 1.165) is 5.56 Å². The first-order chi connectivity index (χ1) is 19.8. The van der Waals surface area contributed by atoms with Crippen LogP contribution in [0.15, 0.2) is 54.7 Å². The van der Waals surface area contributed by atoms with E-state index in [1.807, 2.05) is 32.9 Å². The molecule has 0 unspecified atom stereocenters. The first-order valence-corrected chi connectivity index (χ1v) is 13.2. The number of ether oxygens (including phenoxy) is 1. The third-order valence-electron chi connectivity index (χ3n) is 6.21. The largest absolute Gasteiger partial charge is 0.444 e. The predicted molar refractivity (Wildman–Crippen MR) is 151 cm³/mol. The number of rotatable bonds is 5. The number of nitrogens with zero attached hydrogens (tertiary/aromatic N) is 4. The molecule has 1 aliphatic rings. The van der Waals surface area contributed by atoms with Gasteiger partial charge in [0.15, 0.2) is 0 Å². The first kappa shape index (κ1) is 30.3. The van der Waals surface area contributed by atoms with Crippen molar-refractivity contribution < 1.29 is 27.5 Å². The van der Waals surface area contributed by atoms with Gasteiger partial charge < -0.3 is 20.7 Å². The van der Waals surface area contributed by atoms with Crippen molar-refractivity contribution in [2.75, 3.05) is 31.5 Å². The lowest BCUT2D eigenvalue weighted by molar-refractivity contribution is -0.138. The molecule has 1 aromatic heterocycles. The van der Waals surface area contributed by atoms with Crippen LogP contribution < -0.4 is 11.1 Å². The van der Waals surface area contributed by atoms with Gasteiger partial charge in [0.05, 0.1) is 0 Å². The van der Waals surface area contributed by atoms with Gasteiger partial charge in [0.25, 0.3) is 0 Å². The molecule has 2 heterocycles. The zero-order valence-corrected chi connectivity index (χ0v) is 23.5. The van der Waals surface area contributed by atoms with E-state index in [9.17, 15) is 22.8 Å². The van der Waals surface area contributed by atoms with E-state index in [1.165, 1.54) is 18.2 Å². The van der Waals surface area contributed by atoms with E-state index in [0.29, 0.717) is 50.2 Å². The van der Waals surface area contributed by atoms with E-state index in [4.69, 9.17) is 10.5 Å². The van der Waals surface area contributed by atoms with Gasteiger partial charge in [-0.05, 0) is 62.6 Å². The number of aromatic nitrogens is 2. The minimum atomic E-state index is -4.71. The van der Waals surface area contributed by atoms with Crippen molar-refractivity contribution in [1.29, 1.82) is 0 Å². The molecule has 4 rings (SSSR count). The predicted octanol–water partition coefficient (Wildman–Crippen LogP) is 4.79. The molecule has 1 aliphatic heterocycles. The maximum atomic E-state index is 13.6. The number of piperazine rings is 1. The van der Waals surface area contributed by atoms with Crippen molar-refractivity contribution >= 4 is 23.6 Å². The summed E-state index contributed by atoms with van der Waals surface area (Å²) in [5.41, 5.74) is 5.27. The summed E-state index contributed by atoms with van der Waals surface area (Å²) in [7, 11) is 0. The fourth-order valence-corrected chi connectivity index (χ4v) is 4.12. The standard InChI is InChI=1S/C30H31F3N6O3/c1-29(2,3)42-28(41)39-15-13-38(14-16-39)19-21-7-10-23(11-8-21)36-27-35-18-24(30(31,32)33)25(37-27)12-9-20-5-4-6-22(17-20)26(34)40/h4-8,10-11,17-18H,13-16,19H2,1-3H3,(H2,34,40)(H,35,36,37). The number of carbonyl (C=O) groups excluding carboxylic acids is 2.